The van der Waals surface area contributed by atoms with E-state index in [4.69, 9.17) is 0 Å². The topological polar surface area (TPSA) is 29.1 Å². The van der Waals surface area contributed by atoms with E-state index >= 15 is 0 Å². The van der Waals surface area contributed by atoms with Gasteiger partial charge < -0.3 is 5.32 Å². The highest BCUT2D eigenvalue weighted by atomic mass is 32.2. The van der Waals surface area contributed by atoms with Crippen molar-refractivity contribution in [1.82, 2.24) is 5.32 Å². The second kappa shape index (κ2) is 6.92. The molecule has 0 heterocycles. The molecule has 1 fully saturated rings. The van der Waals surface area contributed by atoms with Crippen LogP contribution in [0.25, 0.3) is 0 Å². The normalized spacial score (nSPS) is 24.8. The number of alkyl halides is 3. The largest absolute Gasteiger partial charge is 0.416 e. The lowest BCUT2D eigenvalue weighted by molar-refractivity contribution is -0.137. The van der Waals surface area contributed by atoms with Crippen molar-refractivity contribution >= 4 is 10.8 Å². The van der Waals surface area contributed by atoms with Crippen molar-refractivity contribution < 1.29 is 17.4 Å². The molecular weight excluding hydrogens is 299 g/mol. The zero-order chi connectivity index (χ0) is 15.5. The number of benzene rings is 1. The fourth-order valence-electron chi connectivity index (χ4n) is 2.80. The highest BCUT2D eigenvalue weighted by Gasteiger charge is 2.32. The molecule has 118 valence electrons. The number of rotatable bonds is 4. The van der Waals surface area contributed by atoms with E-state index in [1.165, 1.54) is 12.1 Å². The Balaban J connectivity index is 2.12. The minimum atomic E-state index is -4.39. The van der Waals surface area contributed by atoms with Crippen LogP contribution in [0.3, 0.4) is 0 Å². The molecule has 2 nitrogen and oxygen atoms in total. The van der Waals surface area contributed by atoms with Gasteiger partial charge in [-0.1, -0.05) is 19.4 Å². The summed E-state index contributed by atoms with van der Waals surface area (Å²) in [4.78, 5) is 0.284. The molecule has 0 bridgehead atoms. The summed E-state index contributed by atoms with van der Waals surface area (Å²) in [6.45, 7) is 2.88. The van der Waals surface area contributed by atoms with Crippen LogP contribution in [0.15, 0.2) is 29.2 Å². The summed E-state index contributed by atoms with van der Waals surface area (Å²) >= 11 is 0. The molecule has 0 spiro atoms. The maximum atomic E-state index is 12.7. The number of hydrogen-bond donors (Lipinski definition) is 1. The summed E-state index contributed by atoms with van der Waals surface area (Å²) in [5, 5.41) is 3.28. The maximum absolute atomic E-state index is 12.7. The zero-order valence-corrected chi connectivity index (χ0v) is 12.8. The first-order valence-corrected chi connectivity index (χ1v) is 8.44. The highest BCUT2D eigenvalue weighted by Crippen LogP contribution is 2.32. The summed E-state index contributed by atoms with van der Waals surface area (Å²) in [6.07, 6.45) is -0.808. The number of nitrogens with one attached hydrogen (secondary N) is 1. The van der Waals surface area contributed by atoms with E-state index in [0.717, 1.165) is 44.4 Å². The molecule has 0 aromatic heterocycles. The fourth-order valence-corrected chi connectivity index (χ4v) is 4.43. The van der Waals surface area contributed by atoms with Gasteiger partial charge in [-0.15, -0.1) is 0 Å². The molecule has 1 aromatic rings. The Morgan fingerprint density at radius 2 is 2.10 bits per heavy atom. The minimum absolute atomic E-state index is 0.0636. The Morgan fingerprint density at radius 1 is 1.33 bits per heavy atom. The summed E-state index contributed by atoms with van der Waals surface area (Å²) in [5.74, 6) is 0. The molecule has 1 aromatic carbocycles. The van der Waals surface area contributed by atoms with E-state index in [0.29, 0.717) is 6.04 Å². The third-order valence-electron chi connectivity index (χ3n) is 3.82. The molecule has 2 rings (SSSR count). The van der Waals surface area contributed by atoms with Crippen LogP contribution < -0.4 is 5.32 Å². The minimum Gasteiger partial charge on any atom is -0.314 e. The van der Waals surface area contributed by atoms with Gasteiger partial charge in [-0.25, -0.2) is 0 Å². The molecule has 21 heavy (non-hydrogen) atoms. The van der Waals surface area contributed by atoms with Crippen LogP contribution in [-0.2, 0) is 17.0 Å². The van der Waals surface area contributed by atoms with Crippen LogP contribution in [0.1, 0.15) is 38.2 Å². The van der Waals surface area contributed by atoms with Crippen molar-refractivity contribution in [1.29, 1.82) is 0 Å². The van der Waals surface area contributed by atoms with E-state index < -0.39 is 22.5 Å². The van der Waals surface area contributed by atoms with Crippen LogP contribution in [-0.4, -0.2) is 22.0 Å². The van der Waals surface area contributed by atoms with Crippen molar-refractivity contribution in [3.8, 4) is 0 Å². The smallest absolute Gasteiger partial charge is 0.314 e. The molecule has 1 saturated carbocycles. The molecule has 6 heteroatoms. The molecule has 1 aliphatic carbocycles. The van der Waals surface area contributed by atoms with Gasteiger partial charge in [0.15, 0.2) is 0 Å². The monoisotopic (exact) mass is 319 g/mol. The van der Waals surface area contributed by atoms with Gasteiger partial charge in [0, 0.05) is 16.2 Å². The summed E-state index contributed by atoms with van der Waals surface area (Å²) < 4.78 is 50.7. The van der Waals surface area contributed by atoms with Crippen molar-refractivity contribution in [3.63, 3.8) is 0 Å². The molecule has 1 N–H and O–H groups in total. The van der Waals surface area contributed by atoms with Crippen molar-refractivity contribution in [2.45, 2.75) is 55.0 Å². The molecule has 0 amide bonds. The Morgan fingerprint density at radius 3 is 2.76 bits per heavy atom. The van der Waals surface area contributed by atoms with Crippen LogP contribution in [0.5, 0.6) is 0 Å². The van der Waals surface area contributed by atoms with Gasteiger partial charge in [0.2, 0.25) is 0 Å². The van der Waals surface area contributed by atoms with Gasteiger partial charge >= 0.3 is 6.18 Å². The SMILES string of the molecule is CCNC1CCCC(S(=O)c2cccc(C(F)(F)F)c2)C1. The van der Waals surface area contributed by atoms with Gasteiger partial charge in [-0.2, -0.15) is 13.2 Å². The highest BCUT2D eigenvalue weighted by molar-refractivity contribution is 7.85. The van der Waals surface area contributed by atoms with Crippen LogP contribution in [0.4, 0.5) is 13.2 Å². The second-order valence-electron chi connectivity index (χ2n) is 5.37. The Hall–Kier alpha value is -0.880. The maximum Gasteiger partial charge on any atom is 0.416 e. The lowest BCUT2D eigenvalue weighted by atomic mass is 9.95. The van der Waals surface area contributed by atoms with Crippen molar-refractivity contribution in [3.05, 3.63) is 29.8 Å². The van der Waals surface area contributed by atoms with Crippen LogP contribution >= 0.6 is 0 Å². The zero-order valence-electron chi connectivity index (χ0n) is 12.0. The lowest BCUT2D eigenvalue weighted by Gasteiger charge is -2.29. The van der Waals surface area contributed by atoms with E-state index in [2.05, 4.69) is 5.32 Å². The van der Waals surface area contributed by atoms with Crippen molar-refractivity contribution in [2.24, 2.45) is 0 Å². The molecule has 0 saturated heterocycles. The number of halogens is 3. The van der Waals surface area contributed by atoms with E-state index in [-0.39, 0.29) is 10.1 Å². The van der Waals surface area contributed by atoms with Crippen LogP contribution in [0, 0.1) is 0 Å². The summed E-state index contributed by atoms with van der Waals surface area (Å²) in [5.41, 5.74) is -0.729. The standard InChI is InChI=1S/C15H20F3NOS/c1-2-19-12-6-4-8-14(10-12)21(20)13-7-3-5-11(9-13)15(16,17)18/h3,5,7,9,12,14,19H,2,4,6,8,10H2,1H3. The van der Waals surface area contributed by atoms with Gasteiger partial charge in [0.05, 0.1) is 16.4 Å². The quantitative estimate of drug-likeness (QED) is 0.916. The van der Waals surface area contributed by atoms with Gasteiger partial charge in [-0.3, -0.25) is 4.21 Å². The van der Waals surface area contributed by atoms with E-state index in [9.17, 15) is 17.4 Å². The Bertz CT molecular complexity index is 502. The van der Waals surface area contributed by atoms with E-state index in [1.807, 2.05) is 6.92 Å². The molecular formula is C15H20F3NOS. The van der Waals surface area contributed by atoms with Gasteiger partial charge in [0.25, 0.3) is 0 Å². The van der Waals surface area contributed by atoms with Crippen LogP contribution in [0.2, 0.25) is 0 Å². The summed E-state index contributed by atoms with van der Waals surface area (Å²) in [6, 6.07) is 5.22. The predicted molar refractivity (Wildman–Crippen MR) is 77.6 cm³/mol. The predicted octanol–water partition coefficient (Wildman–Crippen LogP) is 3.73. The Labute approximate surface area is 125 Å². The van der Waals surface area contributed by atoms with Gasteiger partial charge in [0.1, 0.15) is 0 Å². The molecule has 0 aliphatic heterocycles. The first-order valence-electron chi connectivity index (χ1n) is 7.23. The van der Waals surface area contributed by atoms with Crippen molar-refractivity contribution in [2.75, 3.05) is 6.54 Å². The fraction of sp³-hybridized carbons (Fsp3) is 0.600. The molecule has 0 radical (unpaired) electrons. The molecule has 3 atom stereocenters. The third-order valence-corrected chi connectivity index (χ3v) is 5.57. The number of hydrogen-bond acceptors (Lipinski definition) is 2. The molecule has 1 aliphatic rings. The molecule has 3 unspecified atom stereocenters. The van der Waals surface area contributed by atoms with E-state index in [1.54, 1.807) is 0 Å². The Kier molecular flexibility index (Phi) is 5.43. The first-order chi connectivity index (χ1) is 9.91. The lowest BCUT2D eigenvalue weighted by Crippen LogP contribution is -2.37. The first kappa shape index (κ1) is 16.5. The van der Waals surface area contributed by atoms with Gasteiger partial charge in [-0.05, 0) is 44.0 Å². The average molecular weight is 319 g/mol. The average Bonchev–Trinajstić information content (AvgIpc) is 2.46. The third kappa shape index (κ3) is 4.30. The summed E-state index contributed by atoms with van der Waals surface area (Å²) in [7, 11) is -1.38. The second-order valence-corrected chi connectivity index (χ2v) is 7.10.